The van der Waals surface area contributed by atoms with Gasteiger partial charge < -0.3 is 18.8 Å². The third-order valence-corrected chi connectivity index (χ3v) is 24.4. The highest BCUT2D eigenvalue weighted by atomic mass is 28.4. The Morgan fingerprint density at radius 1 is 0.571 bits per heavy atom. The first kappa shape index (κ1) is 29.1. The fourth-order valence-corrected chi connectivity index (χ4v) is 24.4. The molecule has 0 radical (unpaired) electrons. The van der Waals surface area contributed by atoms with Gasteiger partial charge in [0.25, 0.3) is 0 Å². The van der Waals surface area contributed by atoms with Crippen molar-refractivity contribution in [3.63, 3.8) is 0 Å². The van der Waals surface area contributed by atoms with Gasteiger partial charge in [0.05, 0.1) is 0 Å². The number of nitrogens with zero attached hydrogens (tertiary/aromatic N) is 1. The molecular weight excluding hydrogens is 441 g/mol. The predicted octanol–water partition coefficient (Wildman–Crippen LogP) is -0.962. The summed E-state index contributed by atoms with van der Waals surface area (Å²) in [5.74, 6) is 2.28. The van der Waals surface area contributed by atoms with Crippen molar-refractivity contribution in [1.82, 2.24) is 18.8 Å². The van der Waals surface area contributed by atoms with Gasteiger partial charge in [0.2, 0.25) is 0 Å². The minimum atomic E-state index is -1.06. The lowest BCUT2D eigenvalue weighted by atomic mass is 10.2. The van der Waals surface area contributed by atoms with Crippen LogP contribution in [-0.2, 0) is 0 Å². The van der Waals surface area contributed by atoms with Gasteiger partial charge in [-0.05, 0) is 55.5 Å². The highest BCUT2D eigenvalue weighted by Gasteiger charge is 2.34. The van der Waals surface area contributed by atoms with E-state index in [9.17, 15) is 0 Å². The molecule has 0 aromatic carbocycles. The zero-order chi connectivity index (χ0) is 21.5. The van der Waals surface area contributed by atoms with Crippen LogP contribution in [0.2, 0.25) is 36.3 Å². The van der Waals surface area contributed by atoms with E-state index in [1.54, 1.807) is 0 Å². The maximum Gasteiger partial charge on any atom is 0.175 e. The van der Waals surface area contributed by atoms with Gasteiger partial charge in [0, 0.05) is 30.7 Å². The van der Waals surface area contributed by atoms with Crippen LogP contribution in [0.15, 0.2) is 0 Å². The van der Waals surface area contributed by atoms with E-state index in [0.717, 1.165) is 17.8 Å². The maximum atomic E-state index is 4.17. The van der Waals surface area contributed by atoms with Crippen LogP contribution in [0.5, 0.6) is 0 Å². The Bertz CT molecular complexity index is 311. The highest BCUT2D eigenvalue weighted by Crippen LogP contribution is 2.14. The van der Waals surface area contributed by atoms with Crippen LogP contribution in [-0.4, -0.2) is 81.6 Å². The van der Waals surface area contributed by atoms with E-state index in [1.807, 2.05) is 0 Å². The molecule has 0 aliphatic rings. The average molecular weight is 495 g/mol. The molecule has 0 saturated heterocycles. The van der Waals surface area contributed by atoms with Crippen LogP contribution in [0.1, 0.15) is 41.5 Å². The number of hydrogen-bond acceptors (Lipinski definition) is 4. The molecule has 170 valence electrons. The molecule has 0 amide bonds. The Labute approximate surface area is 191 Å². The second kappa shape index (κ2) is 17.8. The second-order valence-corrected chi connectivity index (χ2v) is 22.4. The van der Waals surface area contributed by atoms with E-state index < -0.39 is 27.4 Å². The van der Waals surface area contributed by atoms with E-state index >= 15 is 0 Å². The molecule has 0 bridgehead atoms. The molecular formula is C18H54N4Si6. The summed E-state index contributed by atoms with van der Waals surface area (Å²) < 4.78 is 3.25. The molecule has 3 unspecified atom stereocenters. The molecule has 3 N–H and O–H groups in total. The molecule has 0 heterocycles. The first-order valence-electron chi connectivity index (χ1n) is 12.2. The van der Waals surface area contributed by atoms with Crippen molar-refractivity contribution in [2.45, 2.75) is 77.8 Å². The summed E-state index contributed by atoms with van der Waals surface area (Å²) in [6, 6.07) is 8.87. The van der Waals surface area contributed by atoms with Crippen molar-refractivity contribution in [2.24, 2.45) is 17.8 Å². The molecule has 0 aliphatic carbocycles. The Morgan fingerprint density at radius 3 is 1.00 bits per heavy atom. The first-order valence-corrected chi connectivity index (χ1v) is 22.2. The van der Waals surface area contributed by atoms with Gasteiger partial charge in [-0.3, -0.25) is 0 Å². The Kier molecular flexibility index (Phi) is 18.5. The summed E-state index contributed by atoms with van der Waals surface area (Å²) in [7, 11) is 0.874. The minimum absolute atomic E-state index is 0.760. The first-order chi connectivity index (χ1) is 13.3. The molecule has 0 aromatic heterocycles. The van der Waals surface area contributed by atoms with E-state index in [2.05, 4.69) is 60.4 Å². The molecule has 28 heavy (non-hydrogen) atoms. The third kappa shape index (κ3) is 13.4. The second-order valence-electron chi connectivity index (χ2n) is 9.77. The van der Waals surface area contributed by atoms with E-state index in [-0.39, 0.29) is 0 Å². The lowest BCUT2D eigenvalue weighted by molar-refractivity contribution is 0.593. The molecule has 10 heteroatoms. The molecule has 0 aliphatic heterocycles. The van der Waals surface area contributed by atoms with Crippen LogP contribution in [0, 0.1) is 17.8 Å². The molecule has 0 rings (SSSR count). The Morgan fingerprint density at radius 2 is 0.821 bits per heavy atom. The van der Waals surface area contributed by atoms with Gasteiger partial charge in [0.1, 0.15) is 0 Å². The van der Waals surface area contributed by atoms with Gasteiger partial charge >= 0.3 is 0 Å². The lowest BCUT2D eigenvalue weighted by Gasteiger charge is -2.43. The number of nitrogens with one attached hydrogen (secondary N) is 3. The lowest BCUT2D eigenvalue weighted by Crippen LogP contribution is -2.70. The van der Waals surface area contributed by atoms with E-state index in [4.69, 9.17) is 0 Å². The van der Waals surface area contributed by atoms with Crippen LogP contribution < -0.4 is 14.9 Å². The average Bonchev–Trinajstić information content (AvgIpc) is 2.61. The fourth-order valence-electron chi connectivity index (χ4n) is 3.66. The van der Waals surface area contributed by atoms with Crippen molar-refractivity contribution in [3.05, 3.63) is 0 Å². The van der Waals surface area contributed by atoms with E-state index in [1.165, 1.54) is 86.6 Å². The van der Waals surface area contributed by atoms with Gasteiger partial charge in [-0.2, -0.15) is 0 Å². The van der Waals surface area contributed by atoms with Crippen LogP contribution >= 0.6 is 0 Å². The smallest absolute Gasteiger partial charge is 0.175 e. The minimum Gasteiger partial charge on any atom is -0.339 e. The predicted molar refractivity (Wildman–Crippen MR) is 150 cm³/mol. The standard InChI is InChI=1S/C18H54N4Si6/c1-16(2)13-19-26(10-7-23)22(27(11-8-24)20-14-17(3)4)28(12-9-25)21-15-18(5)6/h16-21,26-28H,7-15H2,1-6,23-25H3. The topological polar surface area (TPSA) is 39.3 Å². The van der Waals surface area contributed by atoms with Crippen molar-refractivity contribution in [2.75, 3.05) is 19.6 Å². The quantitative estimate of drug-likeness (QED) is 0.215. The van der Waals surface area contributed by atoms with Crippen LogP contribution in [0.3, 0.4) is 0 Å². The fraction of sp³-hybridized carbons (Fsp3) is 1.00. The largest absolute Gasteiger partial charge is 0.339 e. The Hall–Kier alpha value is 1.14. The molecule has 0 saturated carbocycles. The van der Waals surface area contributed by atoms with Crippen LogP contribution in [0.25, 0.3) is 0 Å². The molecule has 3 atom stereocenters. The monoisotopic (exact) mass is 494 g/mol. The molecule has 4 nitrogen and oxygen atoms in total. The zero-order valence-electron chi connectivity index (χ0n) is 20.8. The summed E-state index contributed by atoms with van der Waals surface area (Å²) in [6.45, 7) is 17.9. The van der Waals surface area contributed by atoms with Gasteiger partial charge in [-0.1, -0.05) is 59.7 Å². The summed E-state index contributed by atoms with van der Waals surface area (Å²) in [5.41, 5.74) is 0. The SMILES string of the molecule is CC(C)CN[SiH](CC[SiH3])N([SiH](CC[SiH3])NCC(C)C)[SiH](CC[SiH3])NCC(C)C. The van der Waals surface area contributed by atoms with Crippen molar-refractivity contribution in [1.29, 1.82) is 0 Å². The maximum absolute atomic E-state index is 4.17. The summed E-state index contributed by atoms with van der Waals surface area (Å²) >= 11 is 0. The molecule has 0 fully saturated rings. The van der Waals surface area contributed by atoms with Gasteiger partial charge in [-0.15, -0.1) is 0 Å². The highest BCUT2D eigenvalue weighted by molar-refractivity contribution is 6.85. The van der Waals surface area contributed by atoms with Gasteiger partial charge in [0.15, 0.2) is 27.4 Å². The summed E-state index contributed by atoms with van der Waals surface area (Å²) in [6.07, 6.45) is 0. The third-order valence-electron chi connectivity index (χ3n) is 5.05. The molecule has 0 aromatic rings. The van der Waals surface area contributed by atoms with E-state index in [0.29, 0.717) is 0 Å². The number of hydrogen-bond donors (Lipinski definition) is 3. The van der Waals surface area contributed by atoms with Crippen molar-refractivity contribution < 1.29 is 0 Å². The van der Waals surface area contributed by atoms with Crippen LogP contribution in [0.4, 0.5) is 0 Å². The number of rotatable bonds is 18. The zero-order valence-corrected chi connectivity index (χ0v) is 30.2. The normalized spacial score (nSPS) is 16.1. The molecule has 0 spiro atoms. The summed E-state index contributed by atoms with van der Waals surface area (Å²) in [4.78, 5) is 12.5. The Balaban J connectivity index is 5.71. The van der Waals surface area contributed by atoms with Gasteiger partial charge in [-0.25, -0.2) is 0 Å². The summed E-state index contributed by atoms with van der Waals surface area (Å²) in [5, 5.41) is 0. The van der Waals surface area contributed by atoms with Crippen molar-refractivity contribution >= 4 is 58.1 Å². The van der Waals surface area contributed by atoms with Crippen molar-refractivity contribution in [3.8, 4) is 0 Å².